The van der Waals surface area contributed by atoms with Gasteiger partial charge in [0, 0.05) is 37.1 Å². The second-order valence-corrected chi connectivity index (χ2v) is 8.23. The van der Waals surface area contributed by atoms with Gasteiger partial charge < -0.3 is 9.88 Å². The van der Waals surface area contributed by atoms with Crippen LogP contribution in [0, 0.1) is 5.82 Å². The van der Waals surface area contributed by atoms with Gasteiger partial charge in [-0.3, -0.25) is 4.79 Å². The molecule has 1 aromatic heterocycles. The summed E-state index contributed by atoms with van der Waals surface area (Å²) in [5.41, 5.74) is 0.779. The molecule has 1 amide bonds. The smallest absolute Gasteiger partial charge is 0.271 e. The molecular formula is C15H17ClFN3O3S. The molecule has 1 aromatic carbocycles. The first-order valence-electron chi connectivity index (χ1n) is 7.57. The maximum absolute atomic E-state index is 13.3. The van der Waals surface area contributed by atoms with E-state index in [-0.39, 0.29) is 48.6 Å². The van der Waals surface area contributed by atoms with Gasteiger partial charge in [0.1, 0.15) is 11.5 Å². The number of carbonyl (C=O) groups excluding carboxylic acids is 1. The predicted octanol–water partition coefficient (Wildman–Crippen LogP) is 2.07. The molecule has 0 radical (unpaired) electrons. The van der Waals surface area contributed by atoms with Crippen molar-refractivity contribution in [1.29, 1.82) is 0 Å². The third kappa shape index (κ3) is 3.01. The molecule has 24 heavy (non-hydrogen) atoms. The van der Waals surface area contributed by atoms with Crippen LogP contribution in [-0.4, -0.2) is 60.4 Å². The van der Waals surface area contributed by atoms with Gasteiger partial charge in [-0.25, -0.2) is 12.8 Å². The molecule has 6 nitrogen and oxygen atoms in total. The summed E-state index contributed by atoms with van der Waals surface area (Å²) in [6.45, 7) is 2.69. The number of H-pyrrole nitrogens is 1. The van der Waals surface area contributed by atoms with Crippen molar-refractivity contribution in [2.24, 2.45) is 0 Å². The Bertz CT molecular complexity index is 889. The number of halogens is 2. The number of nitrogens with zero attached hydrogens (tertiary/aromatic N) is 2. The molecule has 9 heteroatoms. The molecule has 1 aliphatic heterocycles. The summed E-state index contributed by atoms with van der Waals surface area (Å²) in [5.74, 6) is -0.702. The molecule has 0 bridgehead atoms. The first-order valence-corrected chi connectivity index (χ1v) is 9.56. The van der Waals surface area contributed by atoms with Crippen molar-refractivity contribution in [2.45, 2.75) is 6.92 Å². The van der Waals surface area contributed by atoms with E-state index in [1.807, 2.05) is 0 Å². The lowest BCUT2D eigenvalue weighted by molar-refractivity contribution is 0.0693. The molecule has 2 aromatic rings. The van der Waals surface area contributed by atoms with Crippen molar-refractivity contribution in [3.05, 3.63) is 34.7 Å². The topological polar surface area (TPSA) is 73.5 Å². The minimum absolute atomic E-state index is 0.0420. The number of carbonyl (C=O) groups is 1. The molecule has 130 valence electrons. The molecule has 3 rings (SSSR count). The van der Waals surface area contributed by atoms with Crippen LogP contribution in [0.25, 0.3) is 10.9 Å². The van der Waals surface area contributed by atoms with E-state index < -0.39 is 15.8 Å². The quantitative estimate of drug-likeness (QED) is 0.895. The fourth-order valence-corrected chi connectivity index (χ4v) is 4.16. The van der Waals surface area contributed by atoms with Gasteiger partial charge in [0.05, 0.1) is 10.8 Å². The van der Waals surface area contributed by atoms with Gasteiger partial charge in [0.25, 0.3) is 5.91 Å². The van der Waals surface area contributed by atoms with E-state index in [0.717, 1.165) is 0 Å². The summed E-state index contributed by atoms with van der Waals surface area (Å²) in [6, 6.07) is 4.09. The third-order valence-corrected chi connectivity index (χ3v) is 6.47. The molecule has 1 N–H and O–H groups in total. The van der Waals surface area contributed by atoms with Crippen LogP contribution in [0.1, 0.15) is 17.4 Å². The van der Waals surface area contributed by atoms with E-state index in [1.165, 1.54) is 22.5 Å². The van der Waals surface area contributed by atoms with Crippen molar-refractivity contribution < 1.29 is 17.6 Å². The normalized spacial score (nSPS) is 16.7. The Morgan fingerprint density at radius 1 is 1.29 bits per heavy atom. The molecule has 0 saturated carbocycles. The molecule has 0 spiro atoms. The lowest BCUT2D eigenvalue weighted by atomic mass is 10.2. The van der Waals surface area contributed by atoms with Gasteiger partial charge in [0.2, 0.25) is 10.0 Å². The number of hydrogen-bond acceptors (Lipinski definition) is 3. The van der Waals surface area contributed by atoms with E-state index in [4.69, 9.17) is 11.6 Å². The molecule has 1 saturated heterocycles. The highest BCUT2D eigenvalue weighted by Gasteiger charge is 2.29. The Hall–Kier alpha value is -1.64. The van der Waals surface area contributed by atoms with Crippen LogP contribution in [0.15, 0.2) is 18.2 Å². The van der Waals surface area contributed by atoms with Crippen molar-refractivity contribution >= 4 is 38.4 Å². The Labute approximate surface area is 144 Å². The van der Waals surface area contributed by atoms with E-state index >= 15 is 0 Å². The summed E-state index contributed by atoms with van der Waals surface area (Å²) in [6.07, 6.45) is 0. The van der Waals surface area contributed by atoms with E-state index in [9.17, 15) is 17.6 Å². The number of rotatable bonds is 3. The summed E-state index contributed by atoms with van der Waals surface area (Å²) in [5, 5.41) is 0.630. The van der Waals surface area contributed by atoms with Gasteiger partial charge in [-0.15, -0.1) is 0 Å². The second kappa shape index (κ2) is 6.34. The first kappa shape index (κ1) is 17.2. The molecule has 1 fully saturated rings. The highest BCUT2D eigenvalue weighted by molar-refractivity contribution is 7.89. The van der Waals surface area contributed by atoms with Gasteiger partial charge in [0.15, 0.2) is 0 Å². The van der Waals surface area contributed by atoms with E-state index in [2.05, 4.69) is 4.98 Å². The zero-order chi connectivity index (χ0) is 17.5. The predicted molar refractivity (Wildman–Crippen MR) is 90.2 cm³/mol. The van der Waals surface area contributed by atoms with Crippen LogP contribution in [0.2, 0.25) is 5.02 Å². The van der Waals surface area contributed by atoms with Gasteiger partial charge in [-0.2, -0.15) is 4.31 Å². The van der Waals surface area contributed by atoms with Crippen LogP contribution < -0.4 is 0 Å². The number of amides is 1. The van der Waals surface area contributed by atoms with Crippen molar-refractivity contribution in [1.82, 2.24) is 14.2 Å². The minimum atomic E-state index is -3.25. The van der Waals surface area contributed by atoms with Gasteiger partial charge in [-0.05, 0) is 25.1 Å². The maximum Gasteiger partial charge on any atom is 0.271 e. The van der Waals surface area contributed by atoms with Gasteiger partial charge in [-0.1, -0.05) is 11.6 Å². The van der Waals surface area contributed by atoms with Crippen molar-refractivity contribution in [3.63, 3.8) is 0 Å². The van der Waals surface area contributed by atoms with E-state index in [0.29, 0.717) is 10.9 Å². The largest absolute Gasteiger partial charge is 0.349 e. The van der Waals surface area contributed by atoms with Crippen LogP contribution in [0.4, 0.5) is 4.39 Å². The summed E-state index contributed by atoms with van der Waals surface area (Å²) < 4.78 is 38.5. The number of hydrogen-bond donors (Lipinski definition) is 1. The monoisotopic (exact) mass is 373 g/mol. The third-order valence-electron chi connectivity index (χ3n) is 4.20. The average molecular weight is 374 g/mol. The molecule has 0 aliphatic carbocycles. The Balaban J connectivity index is 1.80. The van der Waals surface area contributed by atoms with Crippen LogP contribution in [-0.2, 0) is 10.0 Å². The standard InChI is InChI=1S/C15H17ClFN3O3S/c1-2-24(22,23)20-7-5-19(6-8-20)15(21)14-13(16)11-9-10(17)3-4-12(11)18-14/h3-4,9,18H,2,5-8H2,1H3. The van der Waals surface area contributed by atoms with E-state index in [1.54, 1.807) is 11.8 Å². The fourth-order valence-electron chi connectivity index (χ4n) is 2.79. The first-order chi connectivity index (χ1) is 11.3. The van der Waals surface area contributed by atoms with Gasteiger partial charge >= 0.3 is 0 Å². The Kier molecular flexibility index (Phi) is 4.54. The number of aromatic nitrogens is 1. The van der Waals surface area contributed by atoms with Crippen LogP contribution >= 0.6 is 11.6 Å². The maximum atomic E-state index is 13.3. The molecule has 0 unspecified atom stereocenters. The number of nitrogens with one attached hydrogen (secondary N) is 1. The number of benzene rings is 1. The summed E-state index contributed by atoms with van der Waals surface area (Å²) >= 11 is 6.22. The van der Waals surface area contributed by atoms with Crippen molar-refractivity contribution in [2.75, 3.05) is 31.9 Å². The average Bonchev–Trinajstić information content (AvgIpc) is 2.91. The lowest BCUT2D eigenvalue weighted by Gasteiger charge is -2.33. The zero-order valence-corrected chi connectivity index (χ0v) is 14.6. The molecular weight excluding hydrogens is 357 g/mol. The number of fused-ring (bicyclic) bond motifs is 1. The second-order valence-electron chi connectivity index (χ2n) is 5.60. The van der Waals surface area contributed by atoms with Crippen LogP contribution in [0.3, 0.4) is 0 Å². The lowest BCUT2D eigenvalue weighted by Crippen LogP contribution is -2.51. The summed E-state index contributed by atoms with van der Waals surface area (Å²) in [7, 11) is -3.25. The van der Waals surface area contributed by atoms with Crippen molar-refractivity contribution in [3.8, 4) is 0 Å². The Morgan fingerprint density at radius 2 is 1.96 bits per heavy atom. The highest BCUT2D eigenvalue weighted by Crippen LogP contribution is 2.29. The molecule has 2 heterocycles. The Morgan fingerprint density at radius 3 is 2.58 bits per heavy atom. The minimum Gasteiger partial charge on any atom is -0.349 e. The number of aromatic amines is 1. The molecule has 0 atom stereocenters. The fraction of sp³-hybridized carbons (Fsp3) is 0.400. The van der Waals surface area contributed by atoms with Crippen LogP contribution in [0.5, 0.6) is 0 Å². The number of piperazine rings is 1. The zero-order valence-electron chi connectivity index (χ0n) is 13.1. The highest BCUT2D eigenvalue weighted by atomic mass is 35.5. The SMILES string of the molecule is CCS(=O)(=O)N1CCN(C(=O)c2[nH]c3ccc(F)cc3c2Cl)CC1. The number of sulfonamides is 1. The molecule has 1 aliphatic rings. The summed E-state index contributed by atoms with van der Waals surface area (Å²) in [4.78, 5) is 17.1.